The first-order valence-corrected chi connectivity index (χ1v) is 12.8. The van der Waals surface area contributed by atoms with Crippen molar-refractivity contribution in [2.45, 2.75) is 110 Å². The molecule has 4 saturated carbocycles. The SMILES string of the molecule is C[C@]12CC=C(CCC3CCCCC3)CC1[C@@H](O)CC1C2CC[C@]2(C)C(=O)CCC12. The summed E-state index contributed by atoms with van der Waals surface area (Å²) in [6.07, 6.45) is 19.7. The topological polar surface area (TPSA) is 37.3 Å². The second-order valence-electron chi connectivity index (χ2n) is 12.0. The molecule has 0 aromatic rings. The number of fused-ring (bicyclic) bond motifs is 5. The molecule has 0 amide bonds. The first kappa shape index (κ1) is 20.3. The van der Waals surface area contributed by atoms with Gasteiger partial charge in [0.1, 0.15) is 5.78 Å². The summed E-state index contributed by atoms with van der Waals surface area (Å²) in [4.78, 5) is 12.6. The zero-order valence-electron chi connectivity index (χ0n) is 18.8. The Balaban J connectivity index is 1.31. The van der Waals surface area contributed by atoms with Gasteiger partial charge >= 0.3 is 0 Å². The summed E-state index contributed by atoms with van der Waals surface area (Å²) >= 11 is 0. The van der Waals surface area contributed by atoms with E-state index in [9.17, 15) is 9.90 Å². The van der Waals surface area contributed by atoms with Crippen LogP contribution in [0.25, 0.3) is 0 Å². The van der Waals surface area contributed by atoms with E-state index in [0.29, 0.717) is 29.5 Å². The average molecular weight is 399 g/mol. The van der Waals surface area contributed by atoms with Crippen molar-refractivity contribution in [2.24, 2.45) is 40.4 Å². The van der Waals surface area contributed by atoms with Gasteiger partial charge in [0.15, 0.2) is 0 Å². The maximum Gasteiger partial charge on any atom is 0.139 e. The Labute approximate surface area is 177 Å². The maximum absolute atomic E-state index is 12.6. The lowest BCUT2D eigenvalue weighted by atomic mass is 9.45. The van der Waals surface area contributed by atoms with Gasteiger partial charge in [-0.05, 0) is 86.4 Å². The number of ketones is 1. The lowest BCUT2D eigenvalue weighted by Gasteiger charge is -2.60. The standard InChI is InChI=1S/C27H42O2/c1-26-14-12-19(9-8-18-6-4-3-5-7-18)16-23(26)24(28)17-20-21-10-11-25(29)27(21,2)15-13-22(20)26/h12,18,20-24,28H,3-11,13-17H2,1-2H3/t20?,21?,22?,23?,24-,26+,27-/m0/s1. The molecule has 0 spiro atoms. The summed E-state index contributed by atoms with van der Waals surface area (Å²) in [6, 6.07) is 0. The molecule has 5 aliphatic rings. The fourth-order valence-corrected chi connectivity index (χ4v) is 8.84. The quantitative estimate of drug-likeness (QED) is 0.553. The summed E-state index contributed by atoms with van der Waals surface area (Å²) in [5.41, 5.74) is 1.80. The number of hydrogen-bond donors (Lipinski definition) is 1. The first-order chi connectivity index (χ1) is 13.9. The summed E-state index contributed by atoms with van der Waals surface area (Å²) in [6.45, 7) is 4.74. The molecule has 162 valence electrons. The summed E-state index contributed by atoms with van der Waals surface area (Å²) in [5.74, 6) is 3.70. The molecule has 29 heavy (non-hydrogen) atoms. The van der Waals surface area contributed by atoms with Crippen LogP contribution in [0.4, 0.5) is 0 Å². The fraction of sp³-hybridized carbons (Fsp3) is 0.889. The van der Waals surface area contributed by atoms with Crippen LogP contribution in [0.5, 0.6) is 0 Å². The summed E-state index contributed by atoms with van der Waals surface area (Å²) in [7, 11) is 0. The van der Waals surface area contributed by atoms with Gasteiger partial charge in [0.25, 0.3) is 0 Å². The number of aliphatic hydroxyl groups excluding tert-OH is 1. The van der Waals surface area contributed by atoms with Crippen molar-refractivity contribution in [3.63, 3.8) is 0 Å². The van der Waals surface area contributed by atoms with Gasteiger partial charge in [-0.1, -0.05) is 57.6 Å². The molecule has 4 fully saturated rings. The van der Waals surface area contributed by atoms with Crippen molar-refractivity contribution in [3.05, 3.63) is 11.6 Å². The van der Waals surface area contributed by atoms with Gasteiger partial charge in [0, 0.05) is 11.8 Å². The van der Waals surface area contributed by atoms with E-state index in [4.69, 9.17) is 0 Å². The predicted octanol–water partition coefficient (Wildman–Crippen LogP) is 6.47. The largest absolute Gasteiger partial charge is 0.393 e. The van der Waals surface area contributed by atoms with Gasteiger partial charge in [-0.3, -0.25) is 4.79 Å². The Morgan fingerprint density at radius 3 is 2.62 bits per heavy atom. The molecule has 0 bridgehead atoms. The van der Waals surface area contributed by atoms with E-state index >= 15 is 0 Å². The minimum absolute atomic E-state index is 0.0836. The van der Waals surface area contributed by atoms with Crippen molar-refractivity contribution >= 4 is 5.78 Å². The summed E-state index contributed by atoms with van der Waals surface area (Å²) < 4.78 is 0. The number of hydrogen-bond acceptors (Lipinski definition) is 2. The highest BCUT2D eigenvalue weighted by Gasteiger charge is 2.61. The molecular weight excluding hydrogens is 356 g/mol. The van der Waals surface area contributed by atoms with Crippen LogP contribution in [0.2, 0.25) is 0 Å². The molecule has 0 aromatic carbocycles. The van der Waals surface area contributed by atoms with Crippen molar-refractivity contribution in [1.82, 2.24) is 0 Å². The third kappa shape index (κ3) is 3.27. The third-order valence-corrected chi connectivity index (χ3v) is 10.7. The highest BCUT2D eigenvalue weighted by Crippen LogP contribution is 2.65. The molecule has 0 saturated heterocycles. The number of aliphatic hydroxyl groups is 1. The van der Waals surface area contributed by atoms with Crippen LogP contribution >= 0.6 is 0 Å². The van der Waals surface area contributed by atoms with Crippen LogP contribution < -0.4 is 0 Å². The molecule has 0 aromatic heterocycles. The molecule has 5 rings (SSSR count). The monoisotopic (exact) mass is 398 g/mol. The van der Waals surface area contributed by atoms with Gasteiger partial charge in [0.05, 0.1) is 6.10 Å². The Morgan fingerprint density at radius 2 is 1.83 bits per heavy atom. The minimum atomic E-state index is -0.169. The molecule has 0 aliphatic heterocycles. The molecule has 1 N–H and O–H groups in total. The van der Waals surface area contributed by atoms with Crippen molar-refractivity contribution in [2.75, 3.05) is 0 Å². The Kier molecular flexibility index (Phi) is 5.25. The van der Waals surface area contributed by atoms with E-state index in [0.717, 1.165) is 44.4 Å². The molecule has 5 aliphatic carbocycles. The van der Waals surface area contributed by atoms with Crippen molar-refractivity contribution < 1.29 is 9.90 Å². The molecule has 4 unspecified atom stereocenters. The van der Waals surface area contributed by atoms with E-state index < -0.39 is 0 Å². The van der Waals surface area contributed by atoms with Crippen LogP contribution in [0, 0.1) is 40.4 Å². The third-order valence-electron chi connectivity index (χ3n) is 10.7. The van der Waals surface area contributed by atoms with Crippen LogP contribution in [-0.2, 0) is 4.79 Å². The van der Waals surface area contributed by atoms with Crippen LogP contribution in [0.15, 0.2) is 11.6 Å². The zero-order valence-corrected chi connectivity index (χ0v) is 18.8. The van der Waals surface area contributed by atoms with Gasteiger partial charge in [-0.25, -0.2) is 0 Å². The number of allylic oxidation sites excluding steroid dienone is 2. The Bertz CT molecular complexity index is 674. The molecule has 0 heterocycles. The Hall–Kier alpha value is -0.630. The van der Waals surface area contributed by atoms with Crippen LogP contribution in [0.1, 0.15) is 104 Å². The first-order valence-electron chi connectivity index (χ1n) is 12.8. The van der Waals surface area contributed by atoms with Gasteiger partial charge < -0.3 is 5.11 Å². The normalized spacial score (nSPS) is 47.9. The number of rotatable bonds is 3. The van der Waals surface area contributed by atoms with Crippen LogP contribution in [-0.4, -0.2) is 17.0 Å². The van der Waals surface area contributed by atoms with Crippen molar-refractivity contribution in [1.29, 1.82) is 0 Å². The smallest absolute Gasteiger partial charge is 0.139 e. The van der Waals surface area contributed by atoms with Crippen LogP contribution in [0.3, 0.4) is 0 Å². The maximum atomic E-state index is 12.6. The lowest BCUT2D eigenvalue weighted by Crippen LogP contribution is -2.56. The lowest BCUT2D eigenvalue weighted by molar-refractivity contribution is -0.151. The van der Waals surface area contributed by atoms with E-state index in [1.807, 2.05) is 0 Å². The molecule has 0 radical (unpaired) electrons. The number of carbonyl (C=O) groups is 1. The Morgan fingerprint density at radius 1 is 1.03 bits per heavy atom. The van der Waals surface area contributed by atoms with E-state index in [-0.39, 0.29) is 16.9 Å². The molecule has 2 heteroatoms. The highest BCUT2D eigenvalue weighted by atomic mass is 16.3. The number of Topliss-reactive ketones (excluding diaryl/α,β-unsaturated/α-hetero) is 1. The zero-order chi connectivity index (χ0) is 20.2. The molecule has 2 nitrogen and oxygen atoms in total. The van der Waals surface area contributed by atoms with Gasteiger partial charge in [-0.15, -0.1) is 0 Å². The van der Waals surface area contributed by atoms with Gasteiger partial charge in [0.2, 0.25) is 0 Å². The van der Waals surface area contributed by atoms with Crippen molar-refractivity contribution in [3.8, 4) is 0 Å². The van der Waals surface area contributed by atoms with Gasteiger partial charge in [-0.2, -0.15) is 0 Å². The molecule has 7 atom stereocenters. The molecular formula is C27H42O2. The summed E-state index contributed by atoms with van der Waals surface area (Å²) in [5, 5.41) is 11.3. The average Bonchev–Trinajstić information content (AvgIpc) is 3.03. The predicted molar refractivity (Wildman–Crippen MR) is 117 cm³/mol. The highest BCUT2D eigenvalue weighted by molar-refractivity contribution is 5.87. The van der Waals surface area contributed by atoms with E-state index in [1.54, 1.807) is 5.57 Å². The minimum Gasteiger partial charge on any atom is -0.393 e. The number of carbonyl (C=O) groups excluding carboxylic acids is 1. The second-order valence-corrected chi connectivity index (χ2v) is 12.0. The fourth-order valence-electron chi connectivity index (χ4n) is 8.84. The second kappa shape index (κ2) is 7.50. The van der Waals surface area contributed by atoms with E-state index in [2.05, 4.69) is 19.9 Å². The van der Waals surface area contributed by atoms with E-state index in [1.165, 1.54) is 51.4 Å².